The molecule has 2 aromatic heterocycles. The molecular weight excluding hydrogens is 322 g/mol. The van der Waals surface area contributed by atoms with Crippen molar-refractivity contribution in [2.75, 3.05) is 6.54 Å². The summed E-state index contributed by atoms with van der Waals surface area (Å²) in [6, 6.07) is 7.76. The van der Waals surface area contributed by atoms with E-state index in [2.05, 4.69) is 33.8 Å². The van der Waals surface area contributed by atoms with E-state index in [9.17, 15) is 0 Å². The van der Waals surface area contributed by atoms with Crippen molar-refractivity contribution < 1.29 is 0 Å². The SMILES string of the molecule is Cc1nn(-c2ccc(Cl)cc2)c(C)c1CNCCCn1ccnc1. The van der Waals surface area contributed by atoms with Crippen LogP contribution in [-0.2, 0) is 13.1 Å². The molecule has 0 radical (unpaired) electrons. The number of nitrogens with zero attached hydrogens (tertiary/aromatic N) is 4. The van der Waals surface area contributed by atoms with Crippen molar-refractivity contribution in [2.45, 2.75) is 33.4 Å². The van der Waals surface area contributed by atoms with Gasteiger partial charge < -0.3 is 9.88 Å². The van der Waals surface area contributed by atoms with Gasteiger partial charge in [0.1, 0.15) is 0 Å². The van der Waals surface area contributed by atoms with E-state index in [1.807, 2.05) is 47.7 Å². The highest BCUT2D eigenvalue weighted by atomic mass is 35.5. The zero-order valence-corrected chi connectivity index (χ0v) is 14.8. The Bertz CT molecular complexity index is 775. The molecule has 0 saturated carbocycles. The maximum absolute atomic E-state index is 5.97. The second-order valence-electron chi connectivity index (χ2n) is 5.87. The van der Waals surface area contributed by atoms with Crippen LogP contribution < -0.4 is 5.32 Å². The molecule has 0 unspecified atom stereocenters. The minimum atomic E-state index is 0.736. The summed E-state index contributed by atoms with van der Waals surface area (Å²) in [5.74, 6) is 0. The summed E-state index contributed by atoms with van der Waals surface area (Å²) in [6.45, 7) is 6.94. The fourth-order valence-corrected chi connectivity index (χ4v) is 2.91. The summed E-state index contributed by atoms with van der Waals surface area (Å²) < 4.78 is 4.07. The van der Waals surface area contributed by atoms with E-state index in [0.29, 0.717) is 0 Å². The zero-order valence-electron chi connectivity index (χ0n) is 14.0. The molecule has 1 aromatic carbocycles. The molecule has 5 nitrogen and oxygen atoms in total. The first-order valence-corrected chi connectivity index (χ1v) is 8.50. The molecule has 1 N–H and O–H groups in total. The van der Waals surface area contributed by atoms with Crippen LogP contribution in [0.3, 0.4) is 0 Å². The predicted octanol–water partition coefficient (Wildman–Crippen LogP) is 3.52. The minimum absolute atomic E-state index is 0.736. The topological polar surface area (TPSA) is 47.7 Å². The van der Waals surface area contributed by atoms with Crippen LogP contribution in [0.2, 0.25) is 5.02 Å². The van der Waals surface area contributed by atoms with Gasteiger partial charge in [-0.1, -0.05) is 11.6 Å². The third-order valence-electron chi connectivity index (χ3n) is 4.14. The van der Waals surface area contributed by atoms with Gasteiger partial charge in [-0.05, 0) is 51.1 Å². The summed E-state index contributed by atoms with van der Waals surface area (Å²) in [7, 11) is 0. The molecule has 0 saturated heterocycles. The van der Waals surface area contributed by atoms with E-state index < -0.39 is 0 Å². The Kier molecular flexibility index (Phi) is 5.33. The van der Waals surface area contributed by atoms with E-state index in [-0.39, 0.29) is 0 Å². The lowest BCUT2D eigenvalue weighted by molar-refractivity contribution is 0.579. The van der Waals surface area contributed by atoms with Crippen LogP contribution in [0.4, 0.5) is 0 Å². The molecule has 3 rings (SSSR count). The normalized spacial score (nSPS) is 11.1. The average Bonchev–Trinajstić information content (AvgIpc) is 3.18. The van der Waals surface area contributed by atoms with Crippen LogP contribution in [0.1, 0.15) is 23.4 Å². The second kappa shape index (κ2) is 7.64. The Morgan fingerprint density at radius 3 is 2.67 bits per heavy atom. The Balaban J connectivity index is 1.58. The highest BCUT2D eigenvalue weighted by Gasteiger charge is 2.12. The van der Waals surface area contributed by atoms with Crippen LogP contribution >= 0.6 is 11.6 Å². The van der Waals surface area contributed by atoms with Crippen LogP contribution in [0.5, 0.6) is 0 Å². The van der Waals surface area contributed by atoms with Gasteiger partial charge in [-0.2, -0.15) is 5.10 Å². The van der Waals surface area contributed by atoms with Crippen molar-refractivity contribution in [2.24, 2.45) is 0 Å². The molecule has 0 atom stereocenters. The number of benzene rings is 1. The molecule has 0 bridgehead atoms. The Morgan fingerprint density at radius 1 is 1.17 bits per heavy atom. The van der Waals surface area contributed by atoms with Crippen molar-refractivity contribution in [3.8, 4) is 5.69 Å². The lowest BCUT2D eigenvalue weighted by atomic mass is 10.2. The smallest absolute Gasteiger partial charge is 0.0945 e. The van der Waals surface area contributed by atoms with Crippen molar-refractivity contribution in [3.05, 3.63) is 65.0 Å². The number of aryl methyl sites for hydroxylation is 2. The third kappa shape index (κ3) is 3.86. The first-order chi connectivity index (χ1) is 11.6. The van der Waals surface area contributed by atoms with Crippen molar-refractivity contribution >= 4 is 11.6 Å². The summed E-state index contributed by atoms with van der Waals surface area (Å²) in [5.41, 5.74) is 4.51. The number of hydrogen-bond donors (Lipinski definition) is 1. The van der Waals surface area contributed by atoms with E-state index in [0.717, 1.165) is 48.2 Å². The van der Waals surface area contributed by atoms with E-state index in [1.165, 1.54) is 5.56 Å². The van der Waals surface area contributed by atoms with Gasteiger partial charge in [-0.3, -0.25) is 0 Å². The molecule has 2 heterocycles. The molecule has 24 heavy (non-hydrogen) atoms. The summed E-state index contributed by atoms with van der Waals surface area (Å²) in [5, 5.41) is 8.92. The molecule has 0 aliphatic rings. The molecule has 0 amide bonds. The maximum Gasteiger partial charge on any atom is 0.0945 e. The van der Waals surface area contributed by atoms with Gasteiger partial charge >= 0.3 is 0 Å². The van der Waals surface area contributed by atoms with Crippen LogP contribution in [-0.4, -0.2) is 25.9 Å². The lowest BCUT2D eigenvalue weighted by Crippen LogP contribution is -2.17. The maximum atomic E-state index is 5.97. The fourth-order valence-electron chi connectivity index (χ4n) is 2.78. The van der Waals surface area contributed by atoms with Crippen molar-refractivity contribution in [1.29, 1.82) is 0 Å². The van der Waals surface area contributed by atoms with Gasteiger partial charge in [-0.15, -0.1) is 0 Å². The second-order valence-corrected chi connectivity index (χ2v) is 6.30. The third-order valence-corrected chi connectivity index (χ3v) is 4.40. The van der Waals surface area contributed by atoms with Gasteiger partial charge in [0.05, 0.1) is 17.7 Å². The highest BCUT2D eigenvalue weighted by Crippen LogP contribution is 2.19. The van der Waals surface area contributed by atoms with Crippen LogP contribution in [0, 0.1) is 13.8 Å². The highest BCUT2D eigenvalue weighted by molar-refractivity contribution is 6.30. The quantitative estimate of drug-likeness (QED) is 0.668. The largest absolute Gasteiger partial charge is 0.337 e. The predicted molar refractivity (Wildman–Crippen MR) is 96.6 cm³/mol. The Hall–Kier alpha value is -2.11. The number of imidazole rings is 1. The van der Waals surface area contributed by atoms with Gasteiger partial charge in [-0.25, -0.2) is 9.67 Å². The fraction of sp³-hybridized carbons (Fsp3) is 0.333. The lowest BCUT2D eigenvalue weighted by Gasteiger charge is -2.07. The van der Waals surface area contributed by atoms with E-state index in [1.54, 1.807) is 0 Å². The first kappa shape index (κ1) is 16.7. The van der Waals surface area contributed by atoms with Gasteiger partial charge in [0.15, 0.2) is 0 Å². The summed E-state index contributed by atoms with van der Waals surface area (Å²) in [6.07, 6.45) is 6.72. The van der Waals surface area contributed by atoms with E-state index in [4.69, 9.17) is 11.6 Å². The van der Waals surface area contributed by atoms with Crippen LogP contribution in [0.25, 0.3) is 5.69 Å². The van der Waals surface area contributed by atoms with Crippen molar-refractivity contribution in [3.63, 3.8) is 0 Å². The Labute approximate surface area is 147 Å². The number of rotatable bonds is 7. The molecule has 0 fully saturated rings. The molecule has 3 aromatic rings. The minimum Gasteiger partial charge on any atom is -0.337 e. The number of halogens is 1. The molecular formula is C18H22ClN5. The monoisotopic (exact) mass is 343 g/mol. The summed E-state index contributed by atoms with van der Waals surface area (Å²) >= 11 is 5.97. The molecule has 0 spiro atoms. The number of nitrogens with one attached hydrogen (secondary N) is 1. The number of aromatic nitrogens is 4. The first-order valence-electron chi connectivity index (χ1n) is 8.12. The number of hydrogen-bond acceptors (Lipinski definition) is 3. The Morgan fingerprint density at radius 2 is 1.96 bits per heavy atom. The molecule has 6 heteroatoms. The standard InChI is InChI=1S/C18H22ClN5/c1-14-18(12-20-8-3-10-23-11-9-21-13-23)15(2)24(22-14)17-6-4-16(19)5-7-17/h4-7,9,11,13,20H,3,8,10,12H2,1-2H3. The average molecular weight is 344 g/mol. The zero-order chi connectivity index (χ0) is 16.9. The van der Waals surface area contributed by atoms with Crippen LogP contribution in [0.15, 0.2) is 43.0 Å². The van der Waals surface area contributed by atoms with Gasteiger partial charge in [0.2, 0.25) is 0 Å². The van der Waals surface area contributed by atoms with Gasteiger partial charge in [0.25, 0.3) is 0 Å². The van der Waals surface area contributed by atoms with E-state index >= 15 is 0 Å². The molecule has 0 aliphatic carbocycles. The van der Waals surface area contributed by atoms with Crippen molar-refractivity contribution in [1.82, 2.24) is 24.6 Å². The summed E-state index contributed by atoms with van der Waals surface area (Å²) in [4.78, 5) is 4.05. The molecule has 126 valence electrons. The van der Waals surface area contributed by atoms with Gasteiger partial charge in [0, 0.05) is 41.8 Å². The molecule has 0 aliphatic heterocycles.